The number of hydrogen-bond acceptors (Lipinski definition) is 3. The zero-order valence-electron chi connectivity index (χ0n) is 12.9. The highest BCUT2D eigenvalue weighted by Crippen LogP contribution is 2.27. The smallest absolute Gasteiger partial charge is 0.222 e. The molecule has 4 nitrogen and oxygen atoms in total. The lowest BCUT2D eigenvalue weighted by atomic mass is 9.82. The SMILES string of the molecule is Cc1ccc(OCCCC(=O)N(C)CC2CC(O)C2)cc1. The molecule has 0 bridgehead atoms. The highest BCUT2D eigenvalue weighted by atomic mass is 16.5. The lowest BCUT2D eigenvalue weighted by Gasteiger charge is -2.34. The van der Waals surface area contributed by atoms with Crippen LogP contribution >= 0.6 is 0 Å². The maximum Gasteiger partial charge on any atom is 0.222 e. The lowest BCUT2D eigenvalue weighted by Crippen LogP contribution is -2.39. The van der Waals surface area contributed by atoms with Crippen molar-refractivity contribution in [1.82, 2.24) is 4.90 Å². The molecule has 2 rings (SSSR count). The molecule has 0 aromatic heterocycles. The quantitative estimate of drug-likeness (QED) is 0.785. The van der Waals surface area contributed by atoms with Crippen LogP contribution in [0.5, 0.6) is 5.75 Å². The zero-order chi connectivity index (χ0) is 15.2. The molecule has 116 valence electrons. The monoisotopic (exact) mass is 291 g/mol. The van der Waals surface area contributed by atoms with Crippen molar-refractivity contribution < 1.29 is 14.6 Å². The molecule has 0 saturated heterocycles. The number of rotatable bonds is 7. The predicted octanol–water partition coefficient (Wildman–Crippen LogP) is 2.38. The molecule has 1 aromatic carbocycles. The number of aliphatic hydroxyl groups is 1. The van der Waals surface area contributed by atoms with E-state index in [1.165, 1.54) is 5.56 Å². The number of aliphatic hydroxyl groups excluding tert-OH is 1. The van der Waals surface area contributed by atoms with Gasteiger partial charge in [0.15, 0.2) is 0 Å². The molecule has 1 amide bonds. The number of benzene rings is 1. The van der Waals surface area contributed by atoms with E-state index in [0.29, 0.717) is 18.9 Å². The van der Waals surface area contributed by atoms with Crippen LogP contribution in [0, 0.1) is 12.8 Å². The Labute approximate surface area is 126 Å². The van der Waals surface area contributed by atoms with Gasteiger partial charge in [-0.15, -0.1) is 0 Å². The molecule has 0 radical (unpaired) electrons. The van der Waals surface area contributed by atoms with Crippen molar-refractivity contribution in [2.45, 2.75) is 38.7 Å². The van der Waals surface area contributed by atoms with Gasteiger partial charge in [0.25, 0.3) is 0 Å². The maximum atomic E-state index is 12.0. The van der Waals surface area contributed by atoms with Crippen LogP contribution in [0.25, 0.3) is 0 Å². The molecule has 0 aliphatic heterocycles. The van der Waals surface area contributed by atoms with Gasteiger partial charge in [-0.2, -0.15) is 0 Å². The average Bonchev–Trinajstić information content (AvgIpc) is 2.43. The van der Waals surface area contributed by atoms with Gasteiger partial charge in [-0.1, -0.05) is 17.7 Å². The Hall–Kier alpha value is -1.55. The molecule has 21 heavy (non-hydrogen) atoms. The molecule has 0 atom stereocenters. The normalized spacial score (nSPS) is 20.7. The minimum Gasteiger partial charge on any atom is -0.494 e. The van der Waals surface area contributed by atoms with E-state index < -0.39 is 0 Å². The standard InChI is InChI=1S/C17H25NO3/c1-13-5-7-16(8-6-13)21-9-3-4-17(20)18(2)12-14-10-15(19)11-14/h5-8,14-15,19H,3-4,9-12H2,1-2H3. The number of hydrogen-bond donors (Lipinski definition) is 1. The molecule has 0 heterocycles. The van der Waals surface area contributed by atoms with E-state index >= 15 is 0 Å². The van der Waals surface area contributed by atoms with Crippen molar-refractivity contribution in [3.63, 3.8) is 0 Å². The molecule has 0 spiro atoms. The van der Waals surface area contributed by atoms with Gasteiger partial charge in [0.2, 0.25) is 5.91 Å². The summed E-state index contributed by atoms with van der Waals surface area (Å²) in [5, 5.41) is 9.25. The first kappa shape index (κ1) is 15.8. The van der Waals surface area contributed by atoms with Crippen molar-refractivity contribution in [3.8, 4) is 5.75 Å². The van der Waals surface area contributed by atoms with E-state index in [9.17, 15) is 9.90 Å². The summed E-state index contributed by atoms with van der Waals surface area (Å²) in [6, 6.07) is 7.93. The van der Waals surface area contributed by atoms with Gasteiger partial charge < -0.3 is 14.7 Å². The van der Waals surface area contributed by atoms with E-state index in [2.05, 4.69) is 0 Å². The first-order chi connectivity index (χ1) is 10.0. The summed E-state index contributed by atoms with van der Waals surface area (Å²) < 4.78 is 5.61. The van der Waals surface area contributed by atoms with Crippen LogP contribution in [0.1, 0.15) is 31.2 Å². The van der Waals surface area contributed by atoms with Crippen LogP contribution in [-0.2, 0) is 4.79 Å². The maximum absolute atomic E-state index is 12.0. The van der Waals surface area contributed by atoms with Crippen LogP contribution in [0.15, 0.2) is 24.3 Å². The van der Waals surface area contributed by atoms with E-state index in [4.69, 9.17) is 4.74 Å². The van der Waals surface area contributed by atoms with E-state index in [1.54, 1.807) is 4.90 Å². The van der Waals surface area contributed by atoms with Gasteiger partial charge in [-0.05, 0) is 44.2 Å². The van der Waals surface area contributed by atoms with Crippen LogP contribution in [0.2, 0.25) is 0 Å². The molecule has 1 N–H and O–H groups in total. The molecule has 1 saturated carbocycles. The predicted molar refractivity (Wildman–Crippen MR) is 82.3 cm³/mol. The van der Waals surface area contributed by atoms with Crippen LogP contribution in [0.3, 0.4) is 0 Å². The molecular weight excluding hydrogens is 266 g/mol. The van der Waals surface area contributed by atoms with Crippen molar-refractivity contribution in [2.24, 2.45) is 5.92 Å². The number of ether oxygens (including phenoxy) is 1. The Kier molecular flexibility index (Phi) is 5.62. The largest absolute Gasteiger partial charge is 0.494 e. The second-order valence-corrected chi connectivity index (χ2v) is 6.03. The topological polar surface area (TPSA) is 49.8 Å². The summed E-state index contributed by atoms with van der Waals surface area (Å²) in [6.07, 6.45) is 2.74. The van der Waals surface area contributed by atoms with Gasteiger partial charge in [-0.25, -0.2) is 0 Å². The van der Waals surface area contributed by atoms with Gasteiger partial charge >= 0.3 is 0 Å². The van der Waals surface area contributed by atoms with Crippen molar-refractivity contribution in [1.29, 1.82) is 0 Å². The summed E-state index contributed by atoms with van der Waals surface area (Å²) in [5.74, 6) is 1.48. The third-order valence-corrected chi connectivity index (χ3v) is 3.99. The summed E-state index contributed by atoms with van der Waals surface area (Å²) >= 11 is 0. The van der Waals surface area contributed by atoms with E-state index in [0.717, 1.165) is 31.6 Å². The third-order valence-electron chi connectivity index (χ3n) is 3.99. The number of carbonyl (C=O) groups is 1. The second-order valence-electron chi connectivity index (χ2n) is 6.03. The Bertz CT molecular complexity index is 452. The van der Waals surface area contributed by atoms with Crippen LogP contribution in [0.4, 0.5) is 0 Å². The third kappa shape index (κ3) is 5.05. The van der Waals surface area contributed by atoms with Gasteiger partial charge in [0.1, 0.15) is 5.75 Å². The highest BCUT2D eigenvalue weighted by Gasteiger charge is 2.28. The fourth-order valence-electron chi connectivity index (χ4n) is 2.58. The van der Waals surface area contributed by atoms with Gasteiger partial charge in [0, 0.05) is 20.0 Å². The summed E-state index contributed by atoms with van der Waals surface area (Å²) in [5.41, 5.74) is 1.21. The van der Waals surface area contributed by atoms with Crippen LogP contribution in [-0.4, -0.2) is 42.2 Å². The van der Waals surface area contributed by atoms with E-state index in [1.807, 2.05) is 38.2 Å². The number of nitrogens with zero attached hydrogens (tertiary/aromatic N) is 1. The van der Waals surface area contributed by atoms with Crippen molar-refractivity contribution >= 4 is 5.91 Å². The molecule has 1 fully saturated rings. The number of amides is 1. The Morgan fingerprint density at radius 3 is 2.62 bits per heavy atom. The summed E-state index contributed by atoms with van der Waals surface area (Å²) in [7, 11) is 1.84. The molecular formula is C17H25NO3. The Morgan fingerprint density at radius 1 is 1.33 bits per heavy atom. The lowest BCUT2D eigenvalue weighted by molar-refractivity contribution is -0.131. The Morgan fingerprint density at radius 2 is 2.00 bits per heavy atom. The van der Waals surface area contributed by atoms with Gasteiger partial charge in [0.05, 0.1) is 12.7 Å². The molecule has 4 heteroatoms. The first-order valence-electron chi connectivity index (χ1n) is 7.66. The van der Waals surface area contributed by atoms with Gasteiger partial charge in [-0.3, -0.25) is 4.79 Å². The molecule has 1 aliphatic carbocycles. The average molecular weight is 291 g/mol. The fraction of sp³-hybridized carbons (Fsp3) is 0.588. The second kappa shape index (κ2) is 7.46. The molecule has 1 aliphatic rings. The number of carbonyl (C=O) groups excluding carboxylic acids is 1. The zero-order valence-corrected chi connectivity index (χ0v) is 12.9. The Balaban J connectivity index is 1.59. The van der Waals surface area contributed by atoms with Crippen molar-refractivity contribution in [2.75, 3.05) is 20.2 Å². The summed E-state index contributed by atoms with van der Waals surface area (Å²) in [4.78, 5) is 13.7. The molecule has 0 unspecified atom stereocenters. The van der Waals surface area contributed by atoms with E-state index in [-0.39, 0.29) is 12.0 Å². The van der Waals surface area contributed by atoms with Crippen molar-refractivity contribution in [3.05, 3.63) is 29.8 Å². The fourth-order valence-corrected chi connectivity index (χ4v) is 2.58. The van der Waals surface area contributed by atoms with Crippen LogP contribution < -0.4 is 4.74 Å². The highest BCUT2D eigenvalue weighted by molar-refractivity contribution is 5.75. The summed E-state index contributed by atoms with van der Waals surface area (Å²) in [6.45, 7) is 3.36. The minimum atomic E-state index is -0.151. The first-order valence-corrected chi connectivity index (χ1v) is 7.66. The molecule has 1 aromatic rings. The number of aryl methyl sites for hydroxylation is 1. The minimum absolute atomic E-state index is 0.151.